The van der Waals surface area contributed by atoms with E-state index in [1.807, 2.05) is 6.08 Å². The highest BCUT2D eigenvalue weighted by Gasteiger charge is 2.07. The van der Waals surface area contributed by atoms with Gasteiger partial charge in [-0.05, 0) is 26.7 Å². The van der Waals surface area contributed by atoms with Gasteiger partial charge in [-0.2, -0.15) is 0 Å². The molecule has 0 aliphatic rings. The van der Waals surface area contributed by atoms with Crippen molar-refractivity contribution in [2.45, 2.75) is 91.4 Å². The zero-order valence-corrected chi connectivity index (χ0v) is 17.1. The molecule has 0 aromatic rings. The minimum absolute atomic E-state index is 0.0587. The van der Waals surface area contributed by atoms with Gasteiger partial charge in [-0.25, -0.2) is 9.59 Å². The monoisotopic (exact) mass is 366 g/mol. The van der Waals surface area contributed by atoms with Gasteiger partial charge in [0.15, 0.2) is 0 Å². The molecule has 0 aliphatic carbocycles. The second kappa shape index (κ2) is 16.9. The fourth-order valence-corrected chi connectivity index (χ4v) is 2.54. The molecule has 0 saturated heterocycles. The Kier molecular flexibility index (Phi) is 15.8. The molecular weight excluding hydrogens is 328 g/mol. The number of allylic oxidation sites excluding steroid dienone is 1. The maximum absolute atomic E-state index is 11.8. The van der Waals surface area contributed by atoms with Crippen molar-refractivity contribution in [3.63, 3.8) is 0 Å². The van der Waals surface area contributed by atoms with E-state index in [-0.39, 0.29) is 19.2 Å². The molecule has 0 saturated carbocycles. The molecule has 0 spiro atoms. The maximum Gasteiger partial charge on any atom is 0.333 e. The molecular formula is C22H38O4. The molecule has 0 aromatic carbocycles. The van der Waals surface area contributed by atoms with Crippen LogP contribution in [0.3, 0.4) is 0 Å². The van der Waals surface area contributed by atoms with Crippen molar-refractivity contribution in [2.24, 2.45) is 0 Å². The van der Waals surface area contributed by atoms with E-state index in [2.05, 4.69) is 13.5 Å². The van der Waals surface area contributed by atoms with Crippen LogP contribution >= 0.6 is 0 Å². The first kappa shape index (κ1) is 24.4. The van der Waals surface area contributed by atoms with Crippen LogP contribution in [0.15, 0.2) is 23.8 Å². The second-order valence-electron chi connectivity index (χ2n) is 6.91. The summed E-state index contributed by atoms with van der Waals surface area (Å²) >= 11 is 0. The van der Waals surface area contributed by atoms with Crippen molar-refractivity contribution in [1.82, 2.24) is 0 Å². The third-order valence-corrected chi connectivity index (χ3v) is 4.23. The van der Waals surface area contributed by atoms with Crippen LogP contribution in [-0.4, -0.2) is 25.2 Å². The van der Waals surface area contributed by atoms with Gasteiger partial charge in [0, 0.05) is 11.1 Å². The van der Waals surface area contributed by atoms with Gasteiger partial charge >= 0.3 is 11.9 Å². The average molecular weight is 367 g/mol. The van der Waals surface area contributed by atoms with Crippen molar-refractivity contribution < 1.29 is 19.1 Å². The molecule has 4 heteroatoms. The van der Waals surface area contributed by atoms with E-state index in [0.29, 0.717) is 11.1 Å². The number of hydrogen-bond donors (Lipinski definition) is 0. The lowest BCUT2D eigenvalue weighted by Crippen LogP contribution is -2.14. The molecule has 0 rings (SSSR count). The van der Waals surface area contributed by atoms with Gasteiger partial charge in [0.05, 0.1) is 0 Å². The van der Waals surface area contributed by atoms with E-state index >= 15 is 0 Å². The lowest BCUT2D eigenvalue weighted by molar-refractivity contribution is -0.147. The van der Waals surface area contributed by atoms with Gasteiger partial charge in [-0.15, -0.1) is 0 Å². The molecule has 0 aromatic heterocycles. The maximum atomic E-state index is 11.8. The summed E-state index contributed by atoms with van der Waals surface area (Å²) in [5, 5.41) is 0. The number of carbonyl (C=O) groups is 2. The van der Waals surface area contributed by atoms with E-state index in [1.54, 1.807) is 13.8 Å². The first-order valence-electron chi connectivity index (χ1n) is 10.2. The fraction of sp³-hybridized carbons (Fsp3) is 0.727. The molecule has 0 heterocycles. The summed E-state index contributed by atoms with van der Waals surface area (Å²) < 4.78 is 9.94. The molecule has 0 amide bonds. The predicted octanol–water partition coefficient (Wildman–Crippen LogP) is 5.91. The Morgan fingerprint density at radius 3 is 1.73 bits per heavy atom. The Bertz CT molecular complexity index is 437. The third kappa shape index (κ3) is 14.7. The summed E-state index contributed by atoms with van der Waals surface area (Å²) in [7, 11) is 0. The Labute approximate surface area is 160 Å². The lowest BCUT2D eigenvalue weighted by Gasteiger charge is -2.06. The molecule has 0 bridgehead atoms. The molecule has 0 unspecified atom stereocenters. The Morgan fingerprint density at radius 2 is 1.23 bits per heavy atom. The van der Waals surface area contributed by atoms with E-state index in [1.165, 1.54) is 57.8 Å². The molecule has 26 heavy (non-hydrogen) atoms. The van der Waals surface area contributed by atoms with Crippen LogP contribution in [0.2, 0.25) is 0 Å². The Hall–Kier alpha value is -1.58. The fourth-order valence-electron chi connectivity index (χ4n) is 2.54. The van der Waals surface area contributed by atoms with Gasteiger partial charge in [0.25, 0.3) is 0 Å². The van der Waals surface area contributed by atoms with Gasteiger partial charge in [-0.1, -0.05) is 77.4 Å². The van der Waals surface area contributed by atoms with Crippen molar-refractivity contribution >= 4 is 11.9 Å². The molecule has 0 radical (unpaired) electrons. The number of unbranched alkanes of at least 4 members (excludes halogenated alkanes) is 10. The second-order valence-corrected chi connectivity index (χ2v) is 6.91. The Balaban J connectivity index is 3.57. The molecule has 0 fully saturated rings. The smallest absolute Gasteiger partial charge is 0.333 e. The van der Waals surface area contributed by atoms with E-state index < -0.39 is 5.97 Å². The zero-order chi connectivity index (χ0) is 19.6. The topological polar surface area (TPSA) is 52.6 Å². The highest BCUT2D eigenvalue weighted by molar-refractivity contribution is 5.88. The van der Waals surface area contributed by atoms with E-state index in [9.17, 15) is 9.59 Å². The van der Waals surface area contributed by atoms with Crippen LogP contribution < -0.4 is 0 Å². The summed E-state index contributed by atoms with van der Waals surface area (Å²) in [4.78, 5) is 23.0. The number of hydrogen-bond acceptors (Lipinski definition) is 4. The zero-order valence-electron chi connectivity index (χ0n) is 17.1. The predicted molar refractivity (Wildman–Crippen MR) is 107 cm³/mol. The van der Waals surface area contributed by atoms with Crippen LogP contribution in [0.25, 0.3) is 0 Å². The quantitative estimate of drug-likeness (QED) is 0.194. The van der Waals surface area contributed by atoms with Crippen LogP contribution in [-0.2, 0) is 19.1 Å². The van der Waals surface area contributed by atoms with Crippen molar-refractivity contribution in [2.75, 3.05) is 13.2 Å². The number of esters is 2. The SMILES string of the molecule is C=C(C)C(=O)OCCOC(=O)C(C)=CCCCCCCCCCCCC. The van der Waals surface area contributed by atoms with Gasteiger partial charge in [0.1, 0.15) is 13.2 Å². The first-order valence-corrected chi connectivity index (χ1v) is 10.2. The van der Waals surface area contributed by atoms with Gasteiger partial charge in [-0.3, -0.25) is 0 Å². The van der Waals surface area contributed by atoms with Gasteiger partial charge < -0.3 is 9.47 Å². The van der Waals surface area contributed by atoms with Crippen LogP contribution in [0.4, 0.5) is 0 Å². The molecule has 4 nitrogen and oxygen atoms in total. The number of carbonyl (C=O) groups excluding carboxylic acids is 2. The molecule has 0 atom stereocenters. The lowest BCUT2D eigenvalue weighted by atomic mass is 10.1. The van der Waals surface area contributed by atoms with Crippen LogP contribution in [0, 0.1) is 0 Å². The van der Waals surface area contributed by atoms with Crippen LogP contribution in [0.5, 0.6) is 0 Å². The van der Waals surface area contributed by atoms with Crippen molar-refractivity contribution in [1.29, 1.82) is 0 Å². The minimum atomic E-state index is -0.464. The standard InChI is InChI=1S/C22H38O4/c1-5-6-7-8-9-10-11-12-13-14-15-16-20(4)22(24)26-18-17-25-21(23)19(2)3/h16H,2,5-15,17-18H2,1,3-4H3. The average Bonchev–Trinajstić information content (AvgIpc) is 2.62. The Morgan fingerprint density at radius 1 is 0.769 bits per heavy atom. The molecule has 0 aliphatic heterocycles. The van der Waals surface area contributed by atoms with Crippen molar-refractivity contribution in [3.05, 3.63) is 23.8 Å². The van der Waals surface area contributed by atoms with Crippen LogP contribution in [0.1, 0.15) is 91.4 Å². The summed E-state index contributed by atoms with van der Waals surface area (Å²) in [6, 6.07) is 0. The van der Waals surface area contributed by atoms with E-state index in [4.69, 9.17) is 9.47 Å². The summed E-state index contributed by atoms with van der Waals surface area (Å²) in [6.07, 6.45) is 15.9. The highest BCUT2D eigenvalue weighted by Crippen LogP contribution is 2.12. The third-order valence-electron chi connectivity index (χ3n) is 4.23. The summed E-state index contributed by atoms with van der Waals surface area (Å²) in [5.74, 6) is -0.808. The highest BCUT2D eigenvalue weighted by atomic mass is 16.6. The molecule has 0 N–H and O–H groups in total. The number of rotatable bonds is 16. The minimum Gasteiger partial charge on any atom is -0.459 e. The number of ether oxygens (including phenoxy) is 2. The van der Waals surface area contributed by atoms with E-state index in [0.717, 1.165) is 12.8 Å². The molecule has 150 valence electrons. The largest absolute Gasteiger partial charge is 0.459 e. The summed E-state index contributed by atoms with van der Waals surface area (Å²) in [6.45, 7) is 9.20. The van der Waals surface area contributed by atoms with Gasteiger partial charge in [0.2, 0.25) is 0 Å². The van der Waals surface area contributed by atoms with Crippen molar-refractivity contribution in [3.8, 4) is 0 Å². The first-order chi connectivity index (χ1) is 12.5. The summed E-state index contributed by atoms with van der Waals surface area (Å²) in [5.41, 5.74) is 0.955. The normalized spacial score (nSPS) is 11.3.